The van der Waals surface area contributed by atoms with E-state index in [1.807, 2.05) is 0 Å². The van der Waals surface area contributed by atoms with E-state index in [1.165, 1.54) is 19.3 Å². The van der Waals surface area contributed by atoms with Crippen LogP contribution in [0.1, 0.15) is 46.0 Å². The average Bonchev–Trinajstić information content (AvgIpc) is 2.65. The van der Waals surface area contributed by atoms with Crippen LogP contribution < -0.4 is 0 Å². The molecule has 0 radical (unpaired) electrons. The van der Waals surface area contributed by atoms with Crippen molar-refractivity contribution in [3.05, 3.63) is 0 Å². The molecule has 58 valence electrons. The summed E-state index contributed by atoms with van der Waals surface area (Å²) >= 11 is 0. The molecule has 0 N–H and O–H groups in total. The standard InChI is InChI=1S/C10H18/c1-3-10-6-4-5-8(2)9(10)7-10/h8-9H,3-7H2,1-2H3/t8?,9?,10-/m0/s1. The van der Waals surface area contributed by atoms with Crippen molar-refractivity contribution in [2.24, 2.45) is 17.3 Å². The smallest absolute Gasteiger partial charge is 0.0266 e. The summed E-state index contributed by atoms with van der Waals surface area (Å²) in [6, 6.07) is 0. The van der Waals surface area contributed by atoms with Crippen molar-refractivity contribution >= 4 is 0 Å². The van der Waals surface area contributed by atoms with Crippen LogP contribution in [0.3, 0.4) is 0 Å². The first-order valence-electron chi connectivity index (χ1n) is 4.78. The lowest BCUT2D eigenvalue weighted by molar-refractivity contribution is 0.263. The van der Waals surface area contributed by atoms with E-state index in [0.29, 0.717) is 0 Å². The third-order valence-corrected chi connectivity index (χ3v) is 3.98. The van der Waals surface area contributed by atoms with Gasteiger partial charge >= 0.3 is 0 Å². The zero-order valence-corrected chi connectivity index (χ0v) is 7.19. The second kappa shape index (κ2) is 1.99. The van der Waals surface area contributed by atoms with Crippen molar-refractivity contribution in [2.75, 3.05) is 0 Å². The van der Waals surface area contributed by atoms with Crippen LogP contribution >= 0.6 is 0 Å². The lowest BCUT2D eigenvalue weighted by atomic mass is 9.81. The molecule has 0 aliphatic heterocycles. The number of rotatable bonds is 1. The summed E-state index contributed by atoms with van der Waals surface area (Å²) in [6.45, 7) is 4.82. The van der Waals surface area contributed by atoms with Crippen LogP contribution in [-0.4, -0.2) is 0 Å². The van der Waals surface area contributed by atoms with Gasteiger partial charge in [0.25, 0.3) is 0 Å². The molecule has 2 fully saturated rings. The van der Waals surface area contributed by atoms with E-state index in [1.54, 1.807) is 12.8 Å². The maximum absolute atomic E-state index is 2.45. The third kappa shape index (κ3) is 0.741. The summed E-state index contributed by atoms with van der Waals surface area (Å²) < 4.78 is 0. The van der Waals surface area contributed by atoms with Crippen LogP contribution in [0, 0.1) is 17.3 Å². The Balaban J connectivity index is 2.05. The highest BCUT2D eigenvalue weighted by molar-refractivity contribution is 5.05. The van der Waals surface area contributed by atoms with Gasteiger partial charge in [-0.15, -0.1) is 0 Å². The molecular formula is C10H18. The second-order valence-electron chi connectivity index (χ2n) is 4.40. The van der Waals surface area contributed by atoms with E-state index in [2.05, 4.69) is 13.8 Å². The van der Waals surface area contributed by atoms with Crippen molar-refractivity contribution in [3.63, 3.8) is 0 Å². The molecule has 10 heavy (non-hydrogen) atoms. The first-order chi connectivity index (χ1) is 4.78. The fourth-order valence-corrected chi connectivity index (χ4v) is 3.03. The lowest BCUT2D eigenvalue weighted by Gasteiger charge is -2.24. The van der Waals surface area contributed by atoms with E-state index < -0.39 is 0 Å². The second-order valence-corrected chi connectivity index (χ2v) is 4.40. The Labute approximate surface area is 64.0 Å². The quantitative estimate of drug-likeness (QED) is 0.522. The molecule has 0 heterocycles. The summed E-state index contributed by atoms with van der Waals surface area (Å²) in [4.78, 5) is 0. The van der Waals surface area contributed by atoms with Crippen molar-refractivity contribution < 1.29 is 0 Å². The van der Waals surface area contributed by atoms with Crippen LogP contribution in [-0.2, 0) is 0 Å². The summed E-state index contributed by atoms with van der Waals surface area (Å²) in [7, 11) is 0. The normalized spacial score (nSPS) is 52.2. The molecular weight excluding hydrogens is 120 g/mol. The summed E-state index contributed by atoms with van der Waals surface area (Å²) in [6.07, 6.45) is 7.56. The molecule has 2 aliphatic carbocycles. The van der Waals surface area contributed by atoms with E-state index >= 15 is 0 Å². The molecule has 0 bridgehead atoms. The zero-order valence-electron chi connectivity index (χ0n) is 7.19. The molecule has 2 aliphatic rings. The molecule has 2 rings (SSSR count). The van der Waals surface area contributed by atoms with Gasteiger partial charge in [-0.1, -0.05) is 33.1 Å². The minimum absolute atomic E-state index is 0.859. The average molecular weight is 138 g/mol. The molecule has 0 spiro atoms. The highest BCUT2D eigenvalue weighted by Crippen LogP contribution is 2.65. The summed E-state index contributed by atoms with van der Waals surface area (Å²) in [5.41, 5.74) is 0.859. The first-order valence-corrected chi connectivity index (χ1v) is 4.78. The topological polar surface area (TPSA) is 0 Å². The minimum Gasteiger partial charge on any atom is -0.0648 e. The molecule has 0 amide bonds. The number of fused-ring (bicyclic) bond motifs is 1. The highest BCUT2D eigenvalue weighted by atomic mass is 14.6. The first kappa shape index (κ1) is 6.69. The lowest BCUT2D eigenvalue weighted by Crippen LogP contribution is -2.14. The minimum atomic E-state index is 0.859. The van der Waals surface area contributed by atoms with Gasteiger partial charge in [-0.05, 0) is 30.1 Å². The Morgan fingerprint density at radius 1 is 1.50 bits per heavy atom. The summed E-state index contributed by atoms with van der Waals surface area (Å²) in [5, 5.41) is 0. The monoisotopic (exact) mass is 138 g/mol. The predicted octanol–water partition coefficient (Wildman–Crippen LogP) is 3.22. The van der Waals surface area contributed by atoms with E-state index in [9.17, 15) is 0 Å². The van der Waals surface area contributed by atoms with Crippen LogP contribution in [0.5, 0.6) is 0 Å². The van der Waals surface area contributed by atoms with Gasteiger partial charge in [0.2, 0.25) is 0 Å². The third-order valence-electron chi connectivity index (χ3n) is 3.98. The Morgan fingerprint density at radius 2 is 2.30 bits per heavy atom. The van der Waals surface area contributed by atoms with Gasteiger partial charge in [0, 0.05) is 0 Å². The van der Waals surface area contributed by atoms with Gasteiger partial charge in [0.1, 0.15) is 0 Å². The number of hydrogen-bond donors (Lipinski definition) is 0. The number of hydrogen-bond acceptors (Lipinski definition) is 0. The van der Waals surface area contributed by atoms with E-state index in [0.717, 1.165) is 17.3 Å². The van der Waals surface area contributed by atoms with E-state index in [-0.39, 0.29) is 0 Å². The van der Waals surface area contributed by atoms with Crippen LogP contribution in [0.2, 0.25) is 0 Å². The van der Waals surface area contributed by atoms with Gasteiger partial charge in [-0.25, -0.2) is 0 Å². The largest absolute Gasteiger partial charge is 0.0648 e. The van der Waals surface area contributed by atoms with Crippen LogP contribution in [0.15, 0.2) is 0 Å². The highest BCUT2D eigenvalue weighted by Gasteiger charge is 2.55. The SMILES string of the molecule is CC[C@@]12CCCC(C)C1C2. The predicted molar refractivity (Wildman–Crippen MR) is 43.8 cm³/mol. The molecule has 2 saturated carbocycles. The van der Waals surface area contributed by atoms with Crippen LogP contribution in [0.4, 0.5) is 0 Å². The van der Waals surface area contributed by atoms with Crippen molar-refractivity contribution in [1.82, 2.24) is 0 Å². The Kier molecular flexibility index (Phi) is 1.33. The van der Waals surface area contributed by atoms with Crippen molar-refractivity contribution in [2.45, 2.75) is 46.0 Å². The van der Waals surface area contributed by atoms with Crippen LogP contribution in [0.25, 0.3) is 0 Å². The maximum atomic E-state index is 2.45. The van der Waals surface area contributed by atoms with Gasteiger partial charge < -0.3 is 0 Å². The van der Waals surface area contributed by atoms with Gasteiger partial charge in [0.15, 0.2) is 0 Å². The van der Waals surface area contributed by atoms with Crippen molar-refractivity contribution in [1.29, 1.82) is 0 Å². The van der Waals surface area contributed by atoms with Gasteiger partial charge in [-0.3, -0.25) is 0 Å². The molecule has 0 aromatic carbocycles. The fourth-order valence-electron chi connectivity index (χ4n) is 3.03. The Hall–Kier alpha value is 0. The molecule has 0 nitrogen and oxygen atoms in total. The van der Waals surface area contributed by atoms with Crippen molar-refractivity contribution in [3.8, 4) is 0 Å². The fraction of sp³-hybridized carbons (Fsp3) is 1.00. The van der Waals surface area contributed by atoms with Gasteiger partial charge in [-0.2, -0.15) is 0 Å². The molecule has 2 unspecified atom stereocenters. The molecule has 3 atom stereocenters. The molecule has 0 aromatic rings. The Morgan fingerprint density at radius 3 is 2.90 bits per heavy atom. The molecule has 0 aromatic heterocycles. The molecule has 0 saturated heterocycles. The maximum Gasteiger partial charge on any atom is -0.0266 e. The van der Waals surface area contributed by atoms with Gasteiger partial charge in [0.05, 0.1) is 0 Å². The molecule has 0 heteroatoms. The summed E-state index contributed by atoms with van der Waals surface area (Å²) in [5.74, 6) is 2.18. The van der Waals surface area contributed by atoms with E-state index in [4.69, 9.17) is 0 Å². The Bertz CT molecular complexity index is 139. The zero-order chi connectivity index (χ0) is 7.19.